The molecule has 0 atom stereocenters. The molecule has 10 heteroatoms. The molecule has 0 bridgehead atoms. The molecule has 0 radical (unpaired) electrons. The smallest absolute Gasteiger partial charge is 0.344 e. The van der Waals surface area contributed by atoms with Crippen LogP contribution < -0.4 is 5.43 Å². The normalized spacial score (nSPS) is 10.8. The van der Waals surface area contributed by atoms with Crippen LogP contribution in [0.1, 0.15) is 26.6 Å². The molecule has 28 heavy (non-hydrogen) atoms. The van der Waals surface area contributed by atoms with E-state index >= 15 is 0 Å². The fourth-order valence-electron chi connectivity index (χ4n) is 2.29. The van der Waals surface area contributed by atoms with Gasteiger partial charge in [0.1, 0.15) is 11.3 Å². The lowest BCUT2D eigenvalue weighted by molar-refractivity contribution is 0.0594. The monoisotopic (exact) mass is 418 g/mol. The Hall–Kier alpha value is -3.23. The SMILES string of the molecule is COC(=O)c1c(-c2c(Cl)cccc2Cl)noc1C(=O)N/N=C\c1ccccn1. The number of hydrogen-bond donors (Lipinski definition) is 1. The summed E-state index contributed by atoms with van der Waals surface area (Å²) in [4.78, 5) is 28.7. The molecule has 1 amide bonds. The molecule has 0 spiro atoms. The number of nitrogens with zero attached hydrogens (tertiary/aromatic N) is 3. The van der Waals surface area contributed by atoms with E-state index in [1.54, 1.807) is 42.6 Å². The fourth-order valence-corrected chi connectivity index (χ4v) is 2.87. The molecule has 1 aromatic carbocycles. The zero-order valence-corrected chi connectivity index (χ0v) is 15.9. The van der Waals surface area contributed by atoms with Crippen LogP contribution in [0, 0.1) is 0 Å². The zero-order chi connectivity index (χ0) is 20.1. The van der Waals surface area contributed by atoms with Crippen molar-refractivity contribution in [2.75, 3.05) is 7.11 Å². The highest BCUT2D eigenvalue weighted by Crippen LogP contribution is 2.37. The molecule has 0 aliphatic carbocycles. The third-order valence-electron chi connectivity index (χ3n) is 3.54. The van der Waals surface area contributed by atoms with Crippen LogP contribution in [0.15, 0.2) is 52.2 Å². The van der Waals surface area contributed by atoms with Crippen molar-refractivity contribution in [3.63, 3.8) is 0 Å². The molecule has 0 fully saturated rings. The van der Waals surface area contributed by atoms with E-state index < -0.39 is 17.6 Å². The van der Waals surface area contributed by atoms with Gasteiger partial charge in [-0.15, -0.1) is 0 Å². The highest BCUT2D eigenvalue weighted by atomic mass is 35.5. The number of hydrazone groups is 1. The topological polar surface area (TPSA) is 107 Å². The molecular formula is C18H12Cl2N4O4. The predicted molar refractivity (Wildman–Crippen MR) is 103 cm³/mol. The molecule has 8 nitrogen and oxygen atoms in total. The summed E-state index contributed by atoms with van der Waals surface area (Å²) in [7, 11) is 1.16. The Kier molecular flexibility index (Phi) is 6.03. The Balaban J connectivity index is 1.95. The van der Waals surface area contributed by atoms with E-state index in [0.29, 0.717) is 5.69 Å². The molecule has 0 aliphatic heterocycles. The van der Waals surface area contributed by atoms with Crippen LogP contribution in [-0.2, 0) is 4.74 Å². The lowest BCUT2D eigenvalue weighted by Crippen LogP contribution is -2.20. The maximum atomic E-state index is 12.4. The minimum absolute atomic E-state index is 0.0127. The number of rotatable bonds is 5. The van der Waals surface area contributed by atoms with E-state index in [0.717, 1.165) is 7.11 Å². The first kappa shape index (κ1) is 19.5. The largest absolute Gasteiger partial charge is 0.465 e. The summed E-state index contributed by atoms with van der Waals surface area (Å²) in [5.74, 6) is -2.04. The van der Waals surface area contributed by atoms with E-state index in [9.17, 15) is 9.59 Å². The molecule has 0 aliphatic rings. The van der Waals surface area contributed by atoms with Gasteiger partial charge in [-0.25, -0.2) is 10.2 Å². The van der Waals surface area contributed by atoms with Crippen molar-refractivity contribution in [3.8, 4) is 11.3 Å². The van der Waals surface area contributed by atoms with Gasteiger partial charge in [0, 0.05) is 11.8 Å². The lowest BCUT2D eigenvalue weighted by atomic mass is 10.1. The predicted octanol–water partition coefficient (Wildman–Crippen LogP) is 3.59. The van der Waals surface area contributed by atoms with Gasteiger partial charge >= 0.3 is 11.9 Å². The quantitative estimate of drug-likeness (QED) is 0.385. The highest BCUT2D eigenvalue weighted by molar-refractivity contribution is 6.39. The number of pyridine rings is 1. The maximum Gasteiger partial charge on any atom is 0.344 e. The van der Waals surface area contributed by atoms with Crippen molar-refractivity contribution >= 4 is 41.3 Å². The molecule has 0 saturated carbocycles. The Morgan fingerprint density at radius 1 is 1.18 bits per heavy atom. The molecule has 2 heterocycles. The number of halogens is 2. The van der Waals surface area contributed by atoms with Crippen LogP contribution in [-0.4, -0.2) is 35.3 Å². The van der Waals surface area contributed by atoms with Crippen molar-refractivity contribution in [3.05, 3.63) is 69.7 Å². The third kappa shape index (κ3) is 4.03. The van der Waals surface area contributed by atoms with Crippen molar-refractivity contribution < 1.29 is 18.8 Å². The summed E-state index contributed by atoms with van der Waals surface area (Å²) in [5.41, 5.74) is 2.78. The van der Waals surface area contributed by atoms with Crippen molar-refractivity contribution in [2.24, 2.45) is 5.10 Å². The van der Waals surface area contributed by atoms with Gasteiger partial charge in [0.25, 0.3) is 0 Å². The highest BCUT2D eigenvalue weighted by Gasteiger charge is 2.31. The summed E-state index contributed by atoms with van der Waals surface area (Å²) in [6.45, 7) is 0. The van der Waals surface area contributed by atoms with Crippen molar-refractivity contribution in [1.29, 1.82) is 0 Å². The number of ether oxygens (including phenoxy) is 1. The summed E-state index contributed by atoms with van der Waals surface area (Å²) in [6, 6.07) is 9.97. The van der Waals surface area contributed by atoms with Crippen LogP contribution in [0.25, 0.3) is 11.3 Å². The van der Waals surface area contributed by atoms with Crippen LogP contribution in [0.3, 0.4) is 0 Å². The standard InChI is InChI=1S/C18H12Cl2N4O4/c1-27-18(26)14-15(13-11(19)6-4-7-12(13)20)24-28-16(14)17(25)23-22-9-10-5-2-3-8-21-10/h2-9H,1H3,(H,23,25)/b22-9-. The number of benzene rings is 1. The molecule has 3 rings (SSSR count). The number of nitrogens with one attached hydrogen (secondary N) is 1. The first-order chi connectivity index (χ1) is 13.5. The van der Waals surface area contributed by atoms with E-state index in [2.05, 4.69) is 20.7 Å². The average Bonchev–Trinajstić information content (AvgIpc) is 3.13. The van der Waals surface area contributed by atoms with Crippen LogP contribution >= 0.6 is 23.2 Å². The minimum atomic E-state index is -0.842. The first-order valence-electron chi connectivity index (χ1n) is 7.79. The molecule has 3 aromatic rings. The van der Waals surface area contributed by atoms with Crippen LogP contribution in [0.2, 0.25) is 10.0 Å². The summed E-state index contributed by atoms with van der Waals surface area (Å²) < 4.78 is 9.83. The van der Waals surface area contributed by atoms with E-state index in [1.165, 1.54) is 6.21 Å². The number of aromatic nitrogens is 2. The Morgan fingerprint density at radius 2 is 1.93 bits per heavy atom. The number of methoxy groups -OCH3 is 1. The van der Waals surface area contributed by atoms with Crippen molar-refractivity contribution in [2.45, 2.75) is 0 Å². The maximum absolute atomic E-state index is 12.4. The molecule has 142 valence electrons. The Labute approximate surface area is 169 Å². The Bertz CT molecular complexity index is 1030. The molecule has 1 N–H and O–H groups in total. The van der Waals surface area contributed by atoms with E-state index in [4.69, 9.17) is 32.5 Å². The second-order valence-electron chi connectivity index (χ2n) is 5.28. The number of carbonyl (C=O) groups is 2. The van der Waals surface area contributed by atoms with Crippen LogP contribution in [0.4, 0.5) is 0 Å². The Morgan fingerprint density at radius 3 is 2.57 bits per heavy atom. The van der Waals surface area contributed by atoms with E-state index in [-0.39, 0.29) is 26.9 Å². The number of carbonyl (C=O) groups excluding carboxylic acids is 2. The molecular weight excluding hydrogens is 407 g/mol. The average molecular weight is 419 g/mol. The molecule has 0 saturated heterocycles. The number of esters is 1. The van der Waals surface area contributed by atoms with Crippen molar-refractivity contribution in [1.82, 2.24) is 15.6 Å². The van der Waals surface area contributed by atoms with Gasteiger partial charge in [-0.3, -0.25) is 9.78 Å². The van der Waals surface area contributed by atoms with Gasteiger partial charge in [-0.2, -0.15) is 5.10 Å². The number of hydrogen-bond acceptors (Lipinski definition) is 7. The third-order valence-corrected chi connectivity index (χ3v) is 4.17. The summed E-state index contributed by atoms with van der Waals surface area (Å²) in [6.07, 6.45) is 2.91. The minimum Gasteiger partial charge on any atom is -0.465 e. The van der Waals surface area contributed by atoms with Crippen LogP contribution in [0.5, 0.6) is 0 Å². The molecule has 2 aromatic heterocycles. The number of amides is 1. The summed E-state index contributed by atoms with van der Waals surface area (Å²) in [5, 5.41) is 8.03. The van der Waals surface area contributed by atoms with E-state index in [1.807, 2.05) is 0 Å². The fraction of sp³-hybridized carbons (Fsp3) is 0.0556. The van der Waals surface area contributed by atoms with Gasteiger partial charge in [0.2, 0.25) is 5.76 Å². The van der Waals surface area contributed by atoms with Gasteiger partial charge < -0.3 is 9.26 Å². The second kappa shape index (κ2) is 8.64. The lowest BCUT2D eigenvalue weighted by Gasteiger charge is -2.05. The summed E-state index contributed by atoms with van der Waals surface area (Å²) >= 11 is 12.3. The zero-order valence-electron chi connectivity index (χ0n) is 14.3. The van der Waals surface area contributed by atoms with Gasteiger partial charge in [0.15, 0.2) is 0 Å². The molecule has 0 unspecified atom stereocenters. The van der Waals surface area contributed by atoms with Gasteiger partial charge in [-0.1, -0.05) is 40.5 Å². The van der Waals surface area contributed by atoms with Gasteiger partial charge in [-0.05, 0) is 24.3 Å². The second-order valence-corrected chi connectivity index (χ2v) is 6.09. The van der Waals surface area contributed by atoms with Gasteiger partial charge in [0.05, 0.1) is 29.1 Å². The first-order valence-corrected chi connectivity index (χ1v) is 8.55.